The Morgan fingerprint density at radius 2 is 2.17 bits per heavy atom. The molecule has 1 aliphatic carbocycles. The summed E-state index contributed by atoms with van der Waals surface area (Å²) in [4.78, 5) is 0. The molecule has 0 amide bonds. The van der Waals surface area contributed by atoms with Gasteiger partial charge >= 0.3 is 0 Å². The maximum Gasteiger partial charge on any atom is 0.137 e. The number of halogens is 1. The second-order valence-electron chi connectivity index (χ2n) is 5.14. The lowest BCUT2D eigenvalue weighted by atomic mass is 9.81. The summed E-state index contributed by atoms with van der Waals surface area (Å²) < 4.78 is 5.20. The van der Waals surface area contributed by atoms with E-state index in [2.05, 4.69) is 12.2 Å². The highest BCUT2D eigenvalue weighted by Gasteiger charge is 2.25. The first-order valence-corrected chi connectivity index (χ1v) is 6.77. The second kappa shape index (κ2) is 5.91. The molecule has 0 saturated heterocycles. The van der Waals surface area contributed by atoms with Gasteiger partial charge in [0.05, 0.1) is 12.1 Å². The Balaban J connectivity index is 1.87. The van der Waals surface area contributed by atoms with Crippen molar-refractivity contribution in [2.45, 2.75) is 32.4 Å². The van der Waals surface area contributed by atoms with E-state index in [1.165, 1.54) is 11.1 Å². The van der Waals surface area contributed by atoms with Crippen LogP contribution in [0.1, 0.15) is 24.0 Å². The van der Waals surface area contributed by atoms with Crippen LogP contribution in [0, 0.1) is 12.8 Å². The number of hydrogen-bond acceptors (Lipinski definition) is 3. The van der Waals surface area contributed by atoms with Crippen molar-refractivity contribution in [2.24, 2.45) is 11.7 Å². The van der Waals surface area contributed by atoms with Crippen molar-refractivity contribution in [1.82, 2.24) is 5.32 Å². The molecule has 0 unspecified atom stereocenters. The first kappa shape index (κ1) is 13.7. The van der Waals surface area contributed by atoms with E-state index in [1.54, 1.807) is 7.11 Å². The predicted octanol–water partition coefficient (Wildman–Crippen LogP) is 2.48. The summed E-state index contributed by atoms with van der Waals surface area (Å²) in [5.74, 6) is 1.48. The van der Waals surface area contributed by atoms with Crippen LogP contribution in [-0.4, -0.2) is 19.7 Å². The molecule has 4 heteroatoms. The minimum atomic E-state index is 0.425. The molecule has 1 aromatic rings. The lowest BCUT2D eigenvalue weighted by molar-refractivity contribution is 0.256. The van der Waals surface area contributed by atoms with Crippen molar-refractivity contribution in [3.63, 3.8) is 0 Å². The van der Waals surface area contributed by atoms with Gasteiger partial charge in [0.25, 0.3) is 0 Å². The molecular weight excluding hydrogens is 248 g/mol. The Hall–Kier alpha value is -0.770. The number of aryl methyl sites for hydroxylation is 1. The zero-order chi connectivity index (χ0) is 13.1. The van der Waals surface area contributed by atoms with Gasteiger partial charge in [-0.05, 0) is 55.5 Å². The fourth-order valence-electron chi connectivity index (χ4n) is 2.41. The standard InChI is InChI=1S/C14H21ClN2O/c1-9-3-14(18-2)13(15)6-11(9)8-17-7-10-4-12(16)5-10/h3,6,10,12,17H,4-5,7-8,16H2,1-2H3. The number of hydrogen-bond donors (Lipinski definition) is 2. The molecule has 3 nitrogen and oxygen atoms in total. The molecule has 100 valence electrons. The number of ether oxygens (including phenoxy) is 1. The van der Waals surface area contributed by atoms with Crippen molar-refractivity contribution in [1.29, 1.82) is 0 Å². The van der Waals surface area contributed by atoms with Gasteiger partial charge in [-0.1, -0.05) is 11.6 Å². The Bertz CT molecular complexity index is 417. The summed E-state index contributed by atoms with van der Waals surface area (Å²) in [6.07, 6.45) is 2.30. The number of nitrogens with one attached hydrogen (secondary N) is 1. The smallest absolute Gasteiger partial charge is 0.137 e. The highest BCUT2D eigenvalue weighted by Crippen LogP contribution is 2.28. The quantitative estimate of drug-likeness (QED) is 0.863. The number of rotatable bonds is 5. The van der Waals surface area contributed by atoms with Gasteiger partial charge in [0.2, 0.25) is 0 Å². The van der Waals surface area contributed by atoms with E-state index in [0.717, 1.165) is 37.6 Å². The molecule has 0 spiro atoms. The van der Waals surface area contributed by atoms with Crippen LogP contribution in [0.4, 0.5) is 0 Å². The van der Waals surface area contributed by atoms with Crippen LogP contribution < -0.4 is 15.8 Å². The number of nitrogens with two attached hydrogens (primary N) is 1. The van der Waals surface area contributed by atoms with Gasteiger partial charge in [0, 0.05) is 12.6 Å². The minimum Gasteiger partial charge on any atom is -0.495 e. The van der Waals surface area contributed by atoms with E-state index >= 15 is 0 Å². The molecule has 0 aromatic heterocycles. The van der Waals surface area contributed by atoms with Crippen molar-refractivity contribution in [2.75, 3.05) is 13.7 Å². The molecular formula is C14H21ClN2O. The maximum absolute atomic E-state index is 6.13. The molecule has 18 heavy (non-hydrogen) atoms. The van der Waals surface area contributed by atoms with Crippen molar-refractivity contribution < 1.29 is 4.74 Å². The van der Waals surface area contributed by atoms with E-state index in [4.69, 9.17) is 22.1 Å². The van der Waals surface area contributed by atoms with Gasteiger partial charge in [-0.25, -0.2) is 0 Å². The van der Waals surface area contributed by atoms with Crippen LogP contribution in [0.5, 0.6) is 5.75 Å². The second-order valence-corrected chi connectivity index (χ2v) is 5.55. The van der Waals surface area contributed by atoms with Crippen LogP contribution in [0.15, 0.2) is 12.1 Å². The van der Waals surface area contributed by atoms with E-state index in [0.29, 0.717) is 11.1 Å². The molecule has 2 rings (SSSR count). The highest BCUT2D eigenvalue weighted by molar-refractivity contribution is 6.32. The summed E-state index contributed by atoms with van der Waals surface area (Å²) in [7, 11) is 1.64. The molecule has 0 heterocycles. The Kier molecular flexibility index (Phi) is 4.49. The van der Waals surface area contributed by atoms with Crippen molar-refractivity contribution >= 4 is 11.6 Å². The average Bonchev–Trinajstić information content (AvgIpc) is 2.30. The number of methoxy groups -OCH3 is 1. The van der Waals surface area contributed by atoms with Crippen molar-refractivity contribution in [3.8, 4) is 5.75 Å². The number of benzene rings is 1. The van der Waals surface area contributed by atoms with Crippen LogP contribution in [0.25, 0.3) is 0 Å². The average molecular weight is 269 g/mol. The van der Waals surface area contributed by atoms with E-state index in [9.17, 15) is 0 Å². The predicted molar refractivity (Wildman–Crippen MR) is 75.1 cm³/mol. The summed E-state index contributed by atoms with van der Waals surface area (Å²) in [6, 6.07) is 4.39. The summed E-state index contributed by atoms with van der Waals surface area (Å²) in [5.41, 5.74) is 8.20. The van der Waals surface area contributed by atoms with Crippen LogP contribution in [0.3, 0.4) is 0 Å². The Labute approximate surface area is 114 Å². The summed E-state index contributed by atoms with van der Waals surface area (Å²) in [5, 5.41) is 4.15. The van der Waals surface area contributed by atoms with Gasteiger partial charge in [0.15, 0.2) is 0 Å². The largest absolute Gasteiger partial charge is 0.495 e. The highest BCUT2D eigenvalue weighted by atomic mass is 35.5. The Morgan fingerprint density at radius 3 is 2.78 bits per heavy atom. The lowest BCUT2D eigenvalue weighted by Gasteiger charge is -2.32. The van der Waals surface area contributed by atoms with Crippen LogP contribution in [0.2, 0.25) is 5.02 Å². The monoisotopic (exact) mass is 268 g/mol. The third-order valence-electron chi connectivity index (χ3n) is 3.63. The third kappa shape index (κ3) is 3.16. The van der Waals surface area contributed by atoms with Gasteiger partial charge in [0.1, 0.15) is 5.75 Å². The molecule has 1 aliphatic rings. The van der Waals surface area contributed by atoms with Crippen LogP contribution >= 0.6 is 11.6 Å². The zero-order valence-corrected chi connectivity index (χ0v) is 11.8. The van der Waals surface area contributed by atoms with E-state index < -0.39 is 0 Å². The summed E-state index contributed by atoms with van der Waals surface area (Å²) >= 11 is 6.13. The minimum absolute atomic E-state index is 0.425. The lowest BCUT2D eigenvalue weighted by Crippen LogP contribution is -2.41. The maximum atomic E-state index is 6.13. The fraction of sp³-hybridized carbons (Fsp3) is 0.571. The topological polar surface area (TPSA) is 47.3 Å². The Morgan fingerprint density at radius 1 is 1.44 bits per heavy atom. The molecule has 0 atom stereocenters. The first-order valence-electron chi connectivity index (χ1n) is 6.39. The van der Waals surface area contributed by atoms with Gasteiger partial charge in [-0.3, -0.25) is 0 Å². The normalized spacial score (nSPS) is 22.7. The molecule has 3 N–H and O–H groups in total. The van der Waals surface area contributed by atoms with Gasteiger partial charge < -0.3 is 15.8 Å². The summed E-state index contributed by atoms with van der Waals surface area (Å²) in [6.45, 7) is 3.97. The van der Waals surface area contributed by atoms with Crippen LogP contribution in [-0.2, 0) is 6.54 Å². The molecule has 1 aromatic carbocycles. The zero-order valence-electron chi connectivity index (χ0n) is 11.0. The first-order chi connectivity index (χ1) is 8.60. The molecule has 0 radical (unpaired) electrons. The van der Waals surface area contributed by atoms with Gasteiger partial charge in [-0.2, -0.15) is 0 Å². The van der Waals surface area contributed by atoms with Crippen molar-refractivity contribution in [3.05, 3.63) is 28.3 Å². The van der Waals surface area contributed by atoms with E-state index in [1.807, 2.05) is 12.1 Å². The van der Waals surface area contributed by atoms with E-state index in [-0.39, 0.29) is 0 Å². The fourth-order valence-corrected chi connectivity index (χ4v) is 2.67. The molecule has 0 aliphatic heterocycles. The third-order valence-corrected chi connectivity index (χ3v) is 3.93. The molecule has 0 bridgehead atoms. The van der Waals surface area contributed by atoms with Gasteiger partial charge in [-0.15, -0.1) is 0 Å². The molecule has 1 saturated carbocycles. The molecule has 1 fully saturated rings. The SMILES string of the molecule is COc1cc(C)c(CNCC2CC(N)C2)cc1Cl.